The normalized spacial score (nSPS) is 10.5. The number of hydrogen-bond donors (Lipinski definition) is 0. The minimum atomic E-state index is 0.0367. The first-order valence-electron chi connectivity index (χ1n) is 5.23. The van der Waals surface area contributed by atoms with Crippen LogP contribution in [0.2, 0.25) is 0 Å². The molecule has 0 radical (unpaired) electrons. The van der Waals surface area contributed by atoms with Crippen molar-refractivity contribution in [3.8, 4) is 0 Å². The molecule has 0 spiro atoms. The quantitative estimate of drug-likeness (QED) is 0.853. The van der Waals surface area contributed by atoms with Crippen molar-refractivity contribution < 1.29 is 4.79 Å². The Hall–Kier alpha value is -1.27. The summed E-state index contributed by atoms with van der Waals surface area (Å²) in [5.74, 6) is 0.0367. The molecule has 4 nitrogen and oxygen atoms in total. The van der Waals surface area contributed by atoms with Crippen LogP contribution in [-0.2, 0) is 6.42 Å². The lowest BCUT2D eigenvalue weighted by molar-refractivity contribution is 0.0801. The number of hydrogen-bond acceptors (Lipinski definition) is 5. The number of aromatic nitrogens is 2. The van der Waals surface area contributed by atoms with E-state index in [0.29, 0.717) is 11.4 Å². The summed E-state index contributed by atoms with van der Waals surface area (Å²) in [6.45, 7) is 2.70. The first kappa shape index (κ1) is 12.2. The number of amides is 1. The molecule has 0 aliphatic rings. The molecule has 0 N–H and O–H groups in total. The van der Waals surface area contributed by atoms with E-state index in [1.54, 1.807) is 28.5 Å². The topological polar surface area (TPSA) is 46.1 Å². The molecular formula is C11H13N3OS2. The van der Waals surface area contributed by atoms with Crippen LogP contribution >= 0.6 is 22.9 Å². The van der Waals surface area contributed by atoms with E-state index in [0.717, 1.165) is 12.1 Å². The molecule has 6 heteroatoms. The highest BCUT2D eigenvalue weighted by molar-refractivity contribution is 7.09. The zero-order valence-electron chi connectivity index (χ0n) is 9.71. The third kappa shape index (κ3) is 2.89. The van der Waals surface area contributed by atoms with Gasteiger partial charge < -0.3 is 4.90 Å². The molecular weight excluding hydrogens is 254 g/mol. The van der Waals surface area contributed by atoms with Crippen LogP contribution < -0.4 is 0 Å². The van der Waals surface area contributed by atoms with E-state index in [4.69, 9.17) is 0 Å². The van der Waals surface area contributed by atoms with Gasteiger partial charge in [0.2, 0.25) is 0 Å². The summed E-state index contributed by atoms with van der Waals surface area (Å²) >= 11 is 2.88. The van der Waals surface area contributed by atoms with Gasteiger partial charge in [0.05, 0.1) is 11.2 Å². The molecule has 2 heterocycles. The zero-order valence-corrected chi connectivity index (χ0v) is 11.3. The highest BCUT2D eigenvalue weighted by Crippen LogP contribution is 2.14. The van der Waals surface area contributed by atoms with Crippen LogP contribution in [0, 0.1) is 6.92 Å². The fraction of sp³-hybridized carbons (Fsp3) is 0.364. The van der Waals surface area contributed by atoms with Gasteiger partial charge in [-0.1, -0.05) is 0 Å². The number of carbonyl (C=O) groups excluding carboxylic acids is 1. The van der Waals surface area contributed by atoms with Crippen molar-refractivity contribution in [2.24, 2.45) is 0 Å². The number of rotatable bonds is 4. The summed E-state index contributed by atoms with van der Waals surface area (Å²) in [6, 6.07) is 1.75. The lowest BCUT2D eigenvalue weighted by Gasteiger charge is -2.15. The molecule has 90 valence electrons. The largest absolute Gasteiger partial charge is 0.341 e. The zero-order chi connectivity index (χ0) is 12.3. The Morgan fingerprint density at radius 3 is 2.94 bits per heavy atom. The van der Waals surface area contributed by atoms with Crippen LogP contribution in [0.25, 0.3) is 0 Å². The van der Waals surface area contributed by atoms with Crippen molar-refractivity contribution >= 4 is 28.8 Å². The maximum atomic E-state index is 11.9. The van der Waals surface area contributed by atoms with E-state index in [1.807, 2.05) is 19.5 Å². The van der Waals surface area contributed by atoms with Crippen LogP contribution in [0.3, 0.4) is 0 Å². The molecule has 0 unspecified atom stereocenters. The molecule has 0 fully saturated rings. The van der Waals surface area contributed by atoms with E-state index in [9.17, 15) is 4.79 Å². The lowest BCUT2D eigenvalue weighted by Crippen LogP contribution is -2.28. The van der Waals surface area contributed by atoms with Crippen molar-refractivity contribution in [2.45, 2.75) is 13.3 Å². The van der Waals surface area contributed by atoms with Crippen LogP contribution in [-0.4, -0.2) is 33.8 Å². The van der Waals surface area contributed by atoms with Gasteiger partial charge in [0, 0.05) is 31.1 Å². The minimum Gasteiger partial charge on any atom is -0.341 e. The number of aryl methyl sites for hydroxylation is 1. The first-order valence-corrected chi connectivity index (χ1v) is 6.89. The lowest BCUT2D eigenvalue weighted by atomic mass is 10.3. The standard InChI is InChI=1S/C11H13N3OS2/c1-8-9(16-7-12-8)4-6-14(2)11(15)10-3-5-13-17-10/h3,5,7H,4,6H2,1-2H3. The average molecular weight is 267 g/mol. The van der Waals surface area contributed by atoms with Gasteiger partial charge in [-0.05, 0) is 24.5 Å². The van der Waals surface area contributed by atoms with Gasteiger partial charge in [-0.25, -0.2) is 9.36 Å². The second kappa shape index (κ2) is 5.37. The van der Waals surface area contributed by atoms with E-state index in [-0.39, 0.29) is 5.91 Å². The van der Waals surface area contributed by atoms with Gasteiger partial charge in [-0.15, -0.1) is 11.3 Å². The summed E-state index contributed by atoms with van der Waals surface area (Å²) in [4.78, 5) is 19.8. The number of thiazole rings is 1. The molecule has 17 heavy (non-hydrogen) atoms. The molecule has 2 rings (SSSR count). The van der Waals surface area contributed by atoms with Gasteiger partial charge in [0.1, 0.15) is 4.88 Å². The average Bonchev–Trinajstić information content (AvgIpc) is 2.96. The van der Waals surface area contributed by atoms with Crippen LogP contribution in [0.1, 0.15) is 20.2 Å². The third-order valence-corrected chi connectivity index (χ3v) is 4.24. The predicted molar refractivity (Wildman–Crippen MR) is 69.6 cm³/mol. The maximum absolute atomic E-state index is 11.9. The van der Waals surface area contributed by atoms with Crippen LogP contribution in [0.15, 0.2) is 17.8 Å². The highest BCUT2D eigenvalue weighted by atomic mass is 32.1. The number of likely N-dealkylation sites (N-methyl/N-ethyl adjacent to an activating group) is 1. The Morgan fingerprint density at radius 1 is 1.53 bits per heavy atom. The smallest absolute Gasteiger partial charge is 0.265 e. The predicted octanol–water partition coefficient (Wildman–Crippen LogP) is 2.22. The van der Waals surface area contributed by atoms with Crippen molar-refractivity contribution in [1.29, 1.82) is 0 Å². The summed E-state index contributed by atoms with van der Waals surface area (Å²) in [6.07, 6.45) is 2.51. The second-order valence-corrected chi connectivity index (χ2v) is 5.49. The number of nitrogens with zero attached hydrogens (tertiary/aromatic N) is 3. The molecule has 0 aromatic carbocycles. The Labute approximate surface area is 108 Å². The van der Waals surface area contributed by atoms with E-state index < -0.39 is 0 Å². The van der Waals surface area contributed by atoms with Gasteiger partial charge in [-0.2, -0.15) is 0 Å². The Morgan fingerprint density at radius 2 is 2.35 bits per heavy atom. The molecule has 2 aromatic rings. The Kier molecular flexibility index (Phi) is 3.86. The maximum Gasteiger partial charge on any atom is 0.265 e. The molecule has 1 amide bonds. The molecule has 0 aliphatic carbocycles. The molecule has 0 bridgehead atoms. The van der Waals surface area contributed by atoms with E-state index in [2.05, 4.69) is 9.36 Å². The third-order valence-electron chi connectivity index (χ3n) is 2.51. The molecule has 0 aliphatic heterocycles. The monoisotopic (exact) mass is 267 g/mol. The van der Waals surface area contributed by atoms with Crippen LogP contribution in [0.4, 0.5) is 0 Å². The summed E-state index contributed by atoms with van der Waals surface area (Å²) < 4.78 is 3.94. The fourth-order valence-electron chi connectivity index (χ4n) is 1.45. The second-order valence-electron chi connectivity index (χ2n) is 3.71. The van der Waals surface area contributed by atoms with Gasteiger partial charge in [-0.3, -0.25) is 4.79 Å². The Bertz CT molecular complexity index is 493. The van der Waals surface area contributed by atoms with Crippen molar-refractivity contribution in [3.05, 3.63) is 33.2 Å². The summed E-state index contributed by atoms with van der Waals surface area (Å²) in [5, 5.41) is 0. The first-order chi connectivity index (χ1) is 8.18. The van der Waals surface area contributed by atoms with Crippen molar-refractivity contribution in [1.82, 2.24) is 14.3 Å². The molecule has 0 saturated heterocycles. The molecule has 0 saturated carbocycles. The van der Waals surface area contributed by atoms with E-state index >= 15 is 0 Å². The van der Waals surface area contributed by atoms with Gasteiger partial charge >= 0.3 is 0 Å². The van der Waals surface area contributed by atoms with Gasteiger partial charge in [0.25, 0.3) is 5.91 Å². The Balaban J connectivity index is 1.92. The van der Waals surface area contributed by atoms with E-state index in [1.165, 1.54) is 16.4 Å². The molecule has 0 atom stereocenters. The molecule has 2 aromatic heterocycles. The SMILES string of the molecule is Cc1ncsc1CCN(C)C(=O)c1ccns1. The van der Waals surface area contributed by atoms with Crippen LogP contribution in [0.5, 0.6) is 0 Å². The minimum absolute atomic E-state index is 0.0367. The number of carbonyl (C=O) groups is 1. The summed E-state index contributed by atoms with van der Waals surface area (Å²) in [5.41, 5.74) is 2.91. The van der Waals surface area contributed by atoms with Crippen molar-refractivity contribution in [2.75, 3.05) is 13.6 Å². The highest BCUT2D eigenvalue weighted by Gasteiger charge is 2.13. The summed E-state index contributed by atoms with van der Waals surface area (Å²) in [7, 11) is 1.82. The van der Waals surface area contributed by atoms with Gasteiger partial charge in [0.15, 0.2) is 0 Å². The fourth-order valence-corrected chi connectivity index (χ4v) is 2.81. The van der Waals surface area contributed by atoms with Crippen molar-refractivity contribution in [3.63, 3.8) is 0 Å².